The van der Waals surface area contributed by atoms with Crippen LogP contribution in [0.25, 0.3) is 11.3 Å². The van der Waals surface area contributed by atoms with Gasteiger partial charge in [0.1, 0.15) is 6.61 Å². The van der Waals surface area contributed by atoms with Gasteiger partial charge in [0.25, 0.3) is 0 Å². The van der Waals surface area contributed by atoms with Crippen LogP contribution in [0.5, 0.6) is 0 Å². The normalized spacial score (nSPS) is 17.1. The minimum atomic E-state index is -0.399. The Morgan fingerprint density at radius 3 is 2.71 bits per heavy atom. The molecule has 1 fully saturated rings. The Morgan fingerprint density at radius 1 is 1.33 bits per heavy atom. The van der Waals surface area contributed by atoms with E-state index in [2.05, 4.69) is 4.98 Å². The summed E-state index contributed by atoms with van der Waals surface area (Å²) in [5.41, 5.74) is 1.21. The van der Waals surface area contributed by atoms with Crippen LogP contribution in [0, 0.1) is 0 Å². The number of hydrogen-bond donors (Lipinski definition) is 0. The molecule has 0 spiro atoms. The maximum Gasteiger partial charge on any atom is 0.416 e. The first-order valence-corrected chi connectivity index (χ1v) is 7.90. The van der Waals surface area contributed by atoms with Crippen molar-refractivity contribution in [3.8, 4) is 11.3 Å². The Hall–Kier alpha value is -1.30. The molecule has 1 saturated heterocycles. The molecule has 3 rings (SSSR count). The minimum Gasteiger partial charge on any atom is -0.447 e. The Bertz CT molecular complexity index is 715. The van der Waals surface area contributed by atoms with Crippen molar-refractivity contribution in [2.24, 2.45) is 0 Å². The fourth-order valence-corrected chi connectivity index (χ4v) is 3.39. The minimum absolute atomic E-state index is 0.355. The molecule has 110 valence electrons. The number of anilines is 1. The highest BCUT2D eigenvalue weighted by Crippen LogP contribution is 2.36. The van der Waals surface area contributed by atoms with E-state index < -0.39 is 5.54 Å². The molecule has 4 nitrogen and oxygen atoms in total. The van der Waals surface area contributed by atoms with Crippen molar-refractivity contribution < 1.29 is 9.53 Å². The number of halogens is 2. The number of carbonyl (C=O) groups excluding carboxylic acids is 1. The average molecular weight is 343 g/mol. The number of rotatable bonds is 2. The monoisotopic (exact) mass is 342 g/mol. The van der Waals surface area contributed by atoms with E-state index in [1.807, 2.05) is 25.3 Å². The fraction of sp³-hybridized carbons (Fsp3) is 0.286. The quantitative estimate of drug-likeness (QED) is 0.783. The number of amides is 1. The van der Waals surface area contributed by atoms with Gasteiger partial charge in [-0.2, -0.15) is 0 Å². The first kappa shape index (κ1) is 14.6. The Labute approximate surface area is 136 Å². The molecule has 0 saturated carbocycles. The second-order valence-corrected chi connectivity index (χ2v) is 7.00. The molecule has 2 heterocycles. The molecular weight excluding hydrogens is 331 g/mol. The first-order chi connectivity index (χ1) is 9.88. The lowest BCUT2D eigenvalue weighted by Crippen LogP contribution is -2.42. The Morgan fingerprint density at radius 2 is 2.10 bits per heavy atom. The van der Waals surface area contributed by atoms with Crippen LogP contribution in [-0.2, 0) is 4.74 Å². The van der Waals surface area contributed by atoms with Crippen molar-refractivity contribution in [3.05, 3.63) is 33.6 Å². The summed E-state index contributed by atoms with van der Waals surface area (Å²) in [6.07, 6.45) is -0.366. The summed E-state index contributed by atoms with van der Waals surface area (Å²) in [4.78, 5) is 18.0. The fourth-order valence-electron chi connectivity index (χ4n) is 2.11. The standard InChI is InChI=1S/C14H12Cl2N2O2S/c1-14(2)7-20-13(19)18(14)12-17-11(6-21-12)8-3-4-9(15)10(16)5-8/h3-6H,7H2,1-2H3. The molecule has 1 aromatic carbocycles. The third-order valence-corrected chi connectivity index (χ3v) is 4.80. The van der Waals surface area contributed by atoms with Gasteiger partial charge in [-0.25, -0.2) is 14.7 Å². The third-order valence-electron chi connectivity index (χ3n) is 3.24. The molecule has 1 amide bonds. The number of aromatic nitrogens is 1. The summed E-state index contributed by atoms with van der Waals surface area (Å²) >= 11 is 13.3. The van der Waals surface area contributed by atoms with Crippen LogP contribution < -0.4 is 4.90 Å². The SMILES string of the molecule is CC1(C)COC(=O)N1c1nc(-c2ccc(Cl)c(Cl)c2)cs1. The Balaban J connectivity index is 1.96. The van der Waals surface area contributed by atoms with Gasteiger partial charge in [0.2, 0.25) is 0 Å². The first-order valence-electron chi connectivity index (χ1n) is 6.26. The second-order valence-electron chi connectivity index (χ2n) is 5.35. The number of thiazole rings is 1. The highest BCUT2D eigenvalue weighted by Gasteiger charge is 2.42. The number of ether oxygens (including phenoxy) is 1. The molecule has 0 atom stereocenters. The van der Waals surface area contributed by atoms with Crippen LogP contribution in [0.15, 0.2) is 23.6 Å². The Kier molecular flexibility index (Phi) is 3.59. The van der Waals surface area contributed by atoms with Crippen LogP contribution in [0.4, 0.5) is 9.93 Å². The topological polar surface area (TPSA) is 42.4 Å². The summed E-state index contributed by atoms with van der Waals surface area (Å²) in [6, 6.07) is 5.34. The summed E-state index contributed by atoms with van der Waals surface area (Å²) in [7, 11) is 0. The summed E-state index contributed by atoms with van der Waals surface area (Å²) in [6.45, 7) is 4.24. The molecule has 0 radical (unpaired) electrons. The number of nitrogens with zero attached hydrogens (tertiary/aromatic N) is 2. The van der Waals surface area contributed by atoms with Gasteiger partial charge < -0.3 is 4.74 Å². The highest BCUT2D eigenvalue weighted by atomic mass is 35.5. The van der Waals surface area contributed by atoms with Crippen LogP contribution in [0.3, 0.4) is 0 Å². The molecule has 21 heavy (non-hydrogen) atoms. The zero-order valence-electron chi connectivity index (χ0n) is 11.4. The second kappa shape index (κ2) is 5.16. The van der Waals surface area contributed by atoms with Gasteiger partial charge in [0, 0.05) is 10.9 Å². The largest absolute Gasteiger partial charge is 0.447 e. The van der Waals surface area contributed by atoms with E-state index in [1.165, 1.54) is 11.3 Å². The van der Waals surface area contributed by atoms with Crippen molar-refractivity contribution in [3.63, 3.8) is 0 Å². The van der Waals surface area contributed by atoms with Gasteiger partial charge in [-0.05, 0) is 26.0 Å². The average Bonchev–Trinajstić information content (AvgIpc) is 2.98. The molecule has 2 aromatic rings. The lowest BCUT2D eigenvalue weighted by atomic mass is 10.1. The van der Waals surface area contributed by atoms with Gasteiger partial charge in [0.15, 0.2) is 5.13 Å². The van der Waals surface area contributed by atoms with E-state index in [1.54, 1.807) is 17.0 Å². The molecule has 1 aliphatic heterocycles. The number of benzene rings is 1. The van der Waals surface area contributed by atoms with Crippen molar-refractivity contribution in [2.45, 2.75) is 19.4 Å². The lowest BCUT2D eigenvalue weighted by molar-refractivity contribution is 0.175. The summed E-state index contributed by atoms with van der Waals surface area (Å²) in [5.74, 6) is 0. The van der Waals surface area contributed by atoms with E-state index in [9.17, 15) is 4.79 Å². The molecular formula is C14H12Cl2N2O2S. The van der Waals surface area contributed by atoms with Crippen molar-refractivity contribution in [1.29, 1.82) is 0 Å². The van der Waals surface area contributed by atoms with Gasteiger partial charge in [0.05, 0.1) is 21.3 Å². The smallest absolute Gasteiger partial charge is 0.416 e. The predicted molar refractivity (Wildman–Crippen MR) is 85.5 cm³/mol. The number of hydrogen-bond acceptors (Lipinski definition) is 4. The van der Waals surface area contributed by atoms with Crippen LogP contribution in [0.2, 0.25) is 10.0 Å². The van der Waals surface area contributed by atoms with E-state index >= 15 is 0 Å². The van der Waals surface area contributed by atoms with Gasteiger partial charge in [-0.3, -0.25) is 0 Å². The van der Waals surface area contributed by atoms with E-state index in [0.717, 1.165) is 11.3 Å². The van der Waals surface area contributed by atoms with Gasteiger partial charge in [-0.15, -0.1) is 11.3 Å². The zero-order chi connectivity index (χ0) is 15.2. The molecule has 0 N–H and O–H groups in total. The van der Waals surface area contributed by atoms with Gasteiger partial charge in [-0.1, -0.05) is 29.3 Å². The molecule has 0 bridgehead atoms. The molecule has 0 aliphatic carbocycles. The molecule has 0 unspecified atom stereocenters. The van der Waals surface area contributed by atoms with Crippen LogP contribution in [-0.4, -0.2) is 23.2 Å². The summed E-state index contributed by atoms with van der Waals surface area (Å²) < 4.78 is 5.10. The van der Waals surface area contributed by atoms with Crippen molar-refractivity contribution in [2.75, 3.05) is 11.5 Å². The van der Waals surface area contributed by atoms with Crippen LogP contribution in [0.1, 0.15) is 13.8 Å². The van der Waals surface area contributed by atoms with E-state index in [4.69, 9.17) is 27.9 Å². The molecule has 1 aliphatic rings. The zero-order valence-corrected chi connectivity index (χ0v) is 13.7. The maximum absolute atomic E-state index is 11.9. The highest BCUT2D eigenvalue weighted by molar-refractivity contribution is 7.14. The van der Waals surface area contributed by atoms with Gasteiger partial charge >= 0.3 is 6.09 Å². The lowest BCUT2D eigenvalue weighted by Gasteiger charge is -2.24. The van der Waals surface area contributed by atoms with E-state index in [-0.39, 0.29) is 6.09 Å². The molecule has 1 aromatic heterocycles. The molecule has 7 heteroatoms. The van der Waals surface area contributed by atoms with Crippen LogP contribution >= 0.6 is 34.5 Å². The van der Waals surface area contributed by atoms with Crippen molar-refractivity contribution in [1.82, 2.24) is 4.98 Å². The summed E-state index contributed by atoms with van der Waals surface area (Å²) in [5, 5.41) is 3.48. The predicted octanol–water partition coefficient (Wildman–Crippen LogP) is 4.85. The van der Waals surface area contributed by atoms with E-state index in [0.29, 0.717) is 21.8 Å². The maximum atomic E-state index is 11.9. The van der Waals surface area contributed by atoms with Crippen molar-refractivity contribution >= 4 is 45.8 Å². The number of cyclic esters (lactones) is 1. The number of carbonyl (C=O) groups is 1. The third kappa shape index (κ3) is 2.61.